The van der Waals surface area contributed by atoms with Gasteiger partial charge in [-0.15, -0.1) is 0 Å². The summed E-state index contributed by atoms with van der Waals surface area (Å²) < 4.78 is 42.2. The van der Waals surface area contributed by atoms with Gasteiger partial charge in [0.1, 0.15) is 0 Å². The number of carbonyl (C=O) groups excluding carboxylic acids is 2. The number of amides is 2. The first kappa shape index (κ1) is 23.8. The molecular weight excluding hydrogens is 465 g/mol. The molecular formula is C26H22ClF3N2O2. The Morgan fingerprint density at radius 2 is 1.59 bits per heavy atom. The number of aryl methyl sites for hydroxylation is 2. The molecule has 3 aromatic carbocycles. The van der Waals surface area contributed by atoms with Crippen LogP contribution in [-0.4, -0.2) is 18.9 Å². The fourth-order valence-electron chi connectivity index (χ4n) is 4.29. The van der Waals surface area contributed by atoms with Crippen molar-refractivity contribution in [2.75, 3.05) is 11.9 Å². The van der Waals surface area contributed by atoms with Gasteiger partial charge in [-0.1, -0.05) is 23.7 Å². The van der Waals surface area contributed by atoms with E-state index < -0.39 is 23.6 Å². The number of fused-ring (bicyclic) bond motifs is 1. The number of carbonyl (C=O) groups is 2. The molecule has 176 valence electrons. The van der Waals surface area contributed by atoms with Crippen LogP contribution in [0.25, 0.3) is 11.1 Å². The molecule has 34 heavy (non-hydrogen) atoms. The summed E-state index contributed by atoms with van der Waals surface area (Å²) in [7, 11) is 1.33. The fourth-order valence-corrected chi connectivity index (χ4v) is 4.52. The maximum absolute atomic E-state index is 14.1. The molecule has 0 heterocycles. The van der Waals surface area contributed by atoms with E-state index in [-0.39, 0.29) is 27.4 Å². The van der Waals surface area contributed by atoms with Gasteiger partial charge in [0.25, 0.3) is 5.91 Å². The minimum Gasteiger partial charge on any atom is -0.366 e. The van der Waals surface area contributed by atoms with Crippen LogP contribution in [0.2, 0.25) is 5.02 Å². The van der Waals surface area contributed by atoms with Crippen LogP contribution in [0.5, 0.6) is 0 Å². The molecule has 4 rings (SSSR count). The molecule has 0 atom stereocenters. The molecule has 1 aliphatic carbocycles. The van der Waals surface area contributed by atoms with Gasteiger partial charge in [-0.25, -0.2) is 0 Å². The van der Waals surface area contributed by atoms with Crippen molar-refractivity contribution in [1.29, 1.82) is 0 Å². The van der Waals surface area contributed by atoms with Crippen molar-refractivity contribution >= 4 is 29.1 Å². The van der Waals surface area contributed by atoms with E-state index in [2.05, 4.69) is 0 Å². The van der Waals surface area contributed by atoms with Crippen LogP contribution in [0.15, 0.2) is 54.6 Å². The van der Waals surface area contributed by atoms with Gasteiger partial charge in [0, 0.05) is 28.8 Å². The number of alkyl halides is 3. The molecule has 1 aliphatic rings. The zero-order valence-electron chi connectivity index (χ0n) is 18.4. The third-order valence-corrected chi connectivity index (χ3v) is 6.45. The number of hydrogen-bond donors (Lipinski definition) is 1. The highest BCUT2D eigenvalue weighted by Crippen LogP contribution is 2.40. The van der Waals surface area contributed by atoms with Crippen LogP contribution in [0, 0.1) is 0 Å². The standard InChI is InChI=1S/C26H22ClF3N2O2/c1-32(25(34)19-7-6-15-4-2-3-5-16(15)12-19)23-11-9-17(14-21(23)26(28,29)30)20-13-18(24(31)33)8-10-22(20)27/h6-14H,2-5H2,1H3,(H2,31,33). The number of anilines is 1. The number of benzene rings is 3. The first-order chi connectivity index (χ1) is 16.1. The Kier molecular flexibility index (Phi) is 6.41. The highest BCUT2D eigenvalue weighted by Gasteiger charge is 2.36. The molecule has 0 saturated heterocycles. The zero-order valence-corrected chi connectivity index (χ0v) is 19.1. The van der Waals surface area contributed by atoms with E-state index in [1.807, 2.05) is 6.07 Å². The molecule has 3 aromatic rings. The Hall–Kier alpha value is -3.32. The first-order valence-electron chi connectivity index (χ1n) is 10.8. The van der Waals surface area contributed by atoms with E-state index in [0.29, 0.717) is 5.56 Å². The summed E-state index contributed by atoms with van der Waals surface area (Å²) in [6, 6.07) is 13.1. The minimum absolute atomic E-state index is 0.122. The van der Waals surface area contributed by atoms with Crippen LogP contribution >= 0.6 is 11.6 Å². The maximum atomic E-state index is 14.1. The van der Waals surface area contributed by atoms with E-state index in [1.54, 1.807) is 12.1 Å². The molecule has 0 fully saturated rings. The van der Waals surface area contributed by atoms with E-state index in [9.17, 15) is 22.8 Å². The normalized spacial score (nSPS) is 13.3. The van der Waals surface area contributed by atoms with Gasteiger partial charge >= 0.3 is 6.18 Å². The number of primary amides is 1. The minimum atomic E-state index is -4.73. The maximum Gasteiger partial charge on any atom is 0.418 e. The van der Waals surface area contributed by atoms with Crippen molar-refractivity contribution in [1.82, 2.24) is 0 Å². The Labute approximate surface area is 200 Å². The van der Waals surface area contributed by atoms with Gasteiger partial charge in [0.2, 0.25) is 5.91 Å². The monoisotopic (exact) mass is 486 g/mol. The third kappa shape index (κ3) is 4.66. The Morgan fingerprint density at radius 3 is 2.26 bits per heavy atom. The van der Waals surface area contributed by atoms with Crippen LogP contribution in [-0.2, 0) is 19.0 Å². The number of nitrogens with zero attached hydrogens (tertiary/aromatic N) is 1. The zero-order chi connectivity index (χ0) is 24.6. The Bertz CT molecular complexity index is 1290. The molecule has 0 radical (unpaired) electrons. The number of nitrogens with two attached hydrogens (primary N) is 1. The molecule has 0 spiro atoms. The van der Waals surface area contributed by atoms with E-state index >= 15 is 0 Å². The number of rotatable bonds is 4. The summed E-state index contributed by atoms with van der Waals surface area (Å²) in [5.41, 5.74) is 7.14. The molecule has 8 heteroatoms. The van der Waals surface area contributed by atoms with Crippen LogP contribution in [0.1, 0.15) is 50.2 Å². The molecule has 4 nitrogen and oxygen atoms in total. The average Bonchev–Trinajstić information content (AvgIpc) is 2.82. The lowest BCUT2D eigenvalue weighted by Gasteiger charge is -2.24. The van der Waals surface area contributed by atoms with Gasteiger partial charge in [-0.05, 0) is 84.8 Å². The molecule has 2 amide bonds. The van der Waals surface area contributed by atoms with Gasteiger partial charge < -0.3 is 10.6 Å². The van der Waals surface area contributed by atoms with Crippen molar-refractivity contribution in [2.24, 2.45) is 5.73 Å². The Balaban J connectivity index is 1.75. The van der Waals surface area contributed by atoms with Gasteiger partial charge in [-0.3, -0.25) is 9.59 Å². The van der Waals surface area contributed by atoms with Crippen molar-refractivity contribution in [3.8, 4) is 11.1 Å². The topological polar surface area (TPSA) is 63.4 Å². The van der Waals surface area contributed by atoms with Crippen molar-refractivity contribution in [2.45, 2.75) is 31.9 Å². The van der Waals surface area contributed by atoms with E-state index in [4.69, 9.17) is 17.3 Å². The lowest BCUT2D eigenvalue weighted by atomic mass is 9.90. The summed E-state index contributed by atoms with van der Waals surface area (Å²) in [6.45, 7) is 0. The molecule has 0 unspecified atom stereocenters. The van der Waals surface area contributed by atoms with Crippen LogP contribution in [0.4, 0.5) is 18.9 Å². The third-order valence-electron chi connectivity index (χ3n) is 6.13. The van der Waals surface area contributed by atoms with Gasteiger partial charge in [0.15, 0.2) is 0 Å². The summed E-state index contributed by atoms with van der Waals surface area (Å²) in [5.74, 6) is -1.25. The van der Waals surface area contributed by atoms with E-state index in [0.717, 1.165) is 42.2 Å². The summed E-state index contributed by atoms with van der Waals surface area (Å²) in [5, 5.41) is 0.171. The Morgan fingerprint density at radius 1 is 0.912 bits per heavy atom. The highest BCUT2D eigenvalue weighted by atomic mass is 35.5. The second kappa shape index (κ2) is 9.14. The SMILES string of the molecule is CN(C(=O)c1ccc2c(c1)CCCC2)c1ccc(-c2cc(C(N)=O)ccc2Cl)cc1C(F)(F)F. The summed E-state index contributed by atoms with van der Waals surface area (Å²) in [4.78, 5) is 25.7. The van der Waals surface area contributed by atoms with Gasteiger partial charge in [-0.2, -0.15) is 13.2 Å². The second-order valence-corrected chi connectivity index (χ2v) is 8.75. The van der Waals surface area contributed by atoms with Crippen LogP contribution < -0.4 is 10.6 Å². The number of hydrogen-bond acceptors (Lipinski definition) is 2. The van der Waals surface area contributed by atoms with Crippen molar-refractivity contribution in [3.05, 3.63) is 87.4 Å². The molecule has 2 N–H and O–H groups in total. The fraction of sp³-hybridized carbons (Fsp3) is 0.231. The largest absolute Gasteiger partial charge is 0.418 e. The van der Waals surface area contributed by atoms with Crippen molar-refractivity contribution < 1.29 is 22.8 Å². The lowest BCUT2D eigenvalue weighted by Crippen LogP contribution is -2.29. The second-order valence-electron chi connectivity index (χ2n) is 8.34. The first-order valence-corrected chi connectivity index (χ1v) is 11.1. The molecule has 0 aromatic heterocycles. The molecule has 0 bridgehead atoms. The number of halogens is 4. The highest BCUT2D eigenvalue weighted by molar-refractivity contribution is 6.33. The molecule has 0 saturated carbocycles. The quantitative estimate of drug-likeness (QED) is 0.471. The molecule has 0 aliphatic heterocycles. The summed E-state index contributed by atoms with van der Waals surface area (Å²) in [6.07, 6.45) is -0.816. The summed E-state index contributed by atoms with van der Waals surface area (Å²) >= 11 is 6.19. The lowest BCUT2D eigenvalue weighted by molar-refractivity contribution is -0.137. The van der Waals surface area contributed by atoms with Gasteiger partial charge in [0.05, 0.1) is 11.3 Å². The van der Waals surface area contributed by atoms with Crippen molar-refractivity contribution in [3.63, 3.8) is 0 Å². The smallest absolute Gasteiger partial charge is 0.366 e. The predicted octanol–water partition coefficient (Wildman–Crippen LogP) is 6.28. The van der Waals surface area contributed by atoms with E-state index in [1.165, 1.54) is 42.9 Å². The average molecular weight is 487 g/mol. The predicted molar refractivity (Wildman–Crippen MR) is 126 cm³/mol. The van der Waals surface area contributed by atoms with Crippen LogP contribution in [0.3, 0.4) is 0 Å².